The monoisotopic (exact) mass is 409 g/mol. The van der Waals surface area contributed by atoms with E-state index in [4.69, 9.17) is 9.47 Å². The molecule has 3 aromatic carbocycles. The van der Waals surface area contributed by atoms with Gasteiger partial charge in [-0.15, -0.1) is 11.8 Å². The number of carbonyl (C=O) groups is 2. The summed E-state index contributed by atoms with van der Waals surface area (Å²) in [5.74, 6) is -0.264. The lowest BCUT2D eigenvalue weighted by Gasteiger charge is -2.17. The van der Waals surface area contributed by atoms with Crippen LogP contribution >= 0.6 is 11.8 Å². The predicted molar refractivity (Wildman–Crippen MR) is 115 cm³/mol. The number of hydrogen-bond donors (Lipinski definition) is 0. The van der Waals surface area contributed by atoms with Gasteiger partial charge in [0.15, 0.2) is 13.2 Å². The molecule has 0 aliphatic heterocycles. The van der Waals surface area contributed by atoms with Crippen molar-refractivity contribution >= 4 is 34.4 Å². The molecule has 29 heavy (non-hydrogen) atoms. The van der Waals surface area contributed by atoms with Crippen LogP contribution in [0.3, 0.4) is 0 Å². The maximum Gasteiger partial charge on any atom is 0.344 e. The number of thioether (sulfide) groups is 1. The van der Waals surface area contributed by atoms with Crippen molar-refractivity contribution in [1.82, 2.24) is 4.90 Å². The zero-order valence-corrected chi connectivity index (χ0v) is 17.3. The first-order valence-corrected chi connectivity index (χ1v) is 10.4. The number of amides is 1. The van der Waals surface area contributed by atoms with E-state index in [-0.39, 0.29) is 19.1 Å². The molecule has 0 N–H and O–H groups in total. The Bertz CT molecular complexity index is 988. The van der Waals surface area contributed by atoms with Crippen molar-refractivity contribution in [2.75, 3.05) is 26.5 Å². The zero-order chi connectivity index (χ0) is 20.6. The van der Waals surface area contributed by atoms with Crippen LogP contribution in [-0.2, 0) is 20.9 Å². The highest BCUT2D eigenvalue weighted by Crippen LogP contribution is 2.20. The van der Waals surface area contributed by atoms with E-state index < -0.39 is 5.97 Å². The highest BCUT2D eigenvalue weighted by Gasteiger charge is 2.13. The van der Waals surface area contributed by atoms with Gasteiger partial charge in [0.1, 0.15) is 5.75 Å². The van der Waals surface area contributed by atoms with E-state index in [9.17, 15) is 9.59 Å². The predicted octanol–water partition coefficient (Wildman–Crippen LogP) is 4.14. The molecule has 0 aliphatic rings. The molecule has 0 heterocycles. The molecular weight excluding hydrogens is 386 g/mol. The maximum atomic E-state index is 12.2. The molecule has 5 nitrogen and oxygen atoms in total. The SMILES string of the molecule is CSc1ccc(CN(C)C(=O)COC(=O)COc2ccc3ccccc3c2)cc1. The van der Waals surface area contributed by atoms with Gasteiger partial charge >= 0.3 is 5.97 Å². The molecule has 0 unspecified atom stereocenters. The number of rotatable bonds is 8. The zero-order valence-electron chi connectivity index (χ0n) is 16.5. The lowest BCUT2D eigenvalue weighted by molar-refractivity contribution is -0.153. The lowest BCUT2D eigenvalue weighted by atomic mass is 10.1. The molecule has 6 heteroatoms. The fourth-order valence-corrected chi connectivity index (χ4v) is 3.19. The normalized spacial score (nSPS) is 10.6. The van der Waals surface area contributed by atoms with Gasteiger partial charge in [-0.05, 0) is 46.9 Å². The van der Waals surface area contributed by atoms with Crippen LogP contribution in [0.1, 0.15) is 5.56 Å². The first-order valence-electron chi connectivity index (χ1n) is 9.19. The molecule has 0 spiro atoms. The van der Waals surface area contributed by atoms with Gasteiger partial charge in [-0.1, -0.05) is 42.5 Å². The van der Waals surface area contributed by atoms with Crippen molar-refractivity contribution in [1.29, 1.82) is 0 Å². The van der Waals surface area contributed by atoms with E-state index in [0.29, 0.717) is 12.3 Å². The number of hydrogen-bond acceptors (Lipinski definition) is 5. The molecular formula is C23H23NO4S. The maximum absolute atomic E-state index is 12.2. The summed E-state index contributed by atoms with van der Waals surface area (Å²) in [6.07, 6.45) is 2.02. The van der Waals surface area contributed by atoms with Crippen LogP contribution in [0.4, 0.5) is 0 Å². The smallest absolute Gasteiger partial charge is 0.344 e. The van der Waals surface area contributed by atoms with Crippen LogP contribution in [-0.4, -0.2) is 43.3 Å². The number of nitrogens with zero attached hydrogens (tertiary/aromatic N) is 1. The summed E-state index contributed by atoms with van der Waals surface area (Å²) in [5, 5.41) is 2.12. The van der Waals surface area contributed by atoms with Crippen molar-refractivity contribution in [3.8, 4) is 5.75 Å². The van der Waals surface area contributed by atoms with Crippen LogP contribution in [0.5, 0.6) is 5.75 Å². The van der Waals surface area contributed by atoms with E-state index in [2.05, 4.69) is 0 Å². The van der Waals surface area contributed by atoms with Gasteiger partial charge in [0.25, 0.3) is 5.91 Å². The van der Waals surface area contributed by atoms with Crippen LogP contribution in [0.2, 0.25) is 0 Å². The van der Waals surface area contributed by atoms with Crippen LogP contribution in [0.25, 0.3) is 10.8 Å². The van der Waals surface area contributed by atoms with Gasteiger partial charge in [-0.2, -0.15) is 0 Å². The van der Waals surface area contributed by atoms with Gasteiger partial charge < -0.3 is 14.4 Å². The number of fused-ring (bicyclic) bond motifs is 1. The third kappa shape index (κ3) is 5.99. The summed E-state index contributed by atoms with van der Waals surface area (Å²) in [4.78, 5) is 26.8. The number of benzene rings is 3. The molecule has 3 aromatic rings. The Balaban J connectivity index is 1.43. The van der Waals surface area contributed by atoms with Gasteiger partial charge in [0, 0.05) is 18.5 Å². The Labute approximate surface area is 174 Å². The average Bonchev–Trinajstić information content (AvgIpc) is 2.76. The van der Waals surface area contributed by atoms with Gasteiger partial charge in [0.2, 0.25) is 0 Å². The van der Waals surface area contributed by atoms with E-state index in [0.717, 1.165) is 16.3 Å². The van der Waals surface area contributed by atoms with Crippen LogP contribution < -0.4 is 4.74 Å². The molecule has 0 bridgehead atoms. The topological polar surface area (TPSA) is 55.8 Å². The standard InChI is InChI=1S/C23H23NO4S/c1-24(14-17-7-11-21(29-2)12-8-17)22(25)15-28-23(26)16-27-20-10-9-18-5-3-4-6-19(18)13-20/h3-13H,14-16H2,1-2H3. The molecule has 150 valence electrons. The Morgan fingerprint density at radius 1 is 0.931 bits per heavy atom. The van der Waals surface area contributed by atoms with E-state index in [1.54, 1.807) is 24.9 Å². The van der Waals surface area contributed by atoms with Gasteiger partial charge in [-0.25, -0.2) is 4.79 Å². The summed E-state index contributed by atoms with van der Waals surface area (Å²) in [6.45, 7) is -0.0938. The minimum Gasteiger partial charge on any atom is -0.482 e. The van der Waals surface area contributed by atoms with E-state index in [1.807, 2.05) is 66.9 Å². The van der Waals surface area contributed by atoms with Crippen molar-refractivity contribution in [3.05, 3.63) is 72.3 Å². The number of ether oxygens (including phenoxy) is 2. The fraction of sp³-hybridized carbons (Fsp3) is 0.217. The quantitative estimate of drug-likeness (QED) is 0.413. The highest BCUT2D eigenvalue weighted by atomic mass is 32.2. The molecule has 0 saturated carbocycles. The van der Waals surface area contributed by atoms with E-state index in [1.165, 1.54) is 9.80 Å². The minimum absolute atomic E-state index is 0.245. The molecule has 0 atom stereocenters. The van der Waals surface area contributed by atoms with Crippen LogP contribution in [0.15, 0.2) is 71.6 Å². The molecule has 3 rings (SSSR count). The summed E-state index contributed by atoms with van der Waals surface area (Å²) in [5.41, 5.74) is 1.02. The Hall–Kier alpha value is -2.99. The number of esters is 1. The molecule has 0 saturated heterocycles. The summed E-state index contributed by atoms with van der Waals surface area (Å²) in [6, 6.07) is 21.5. The third-order valence-electron chi connectivity index (χ3n) is 4.44. The Morgan fingerprint density at radius 2 is 1.66 bits per heavy atom. The summed E-state index contributed by atoms with van der Waals surface area (Å²) < 4.78 is 10.5. The second-order valence-electron chi connectivity index (χ2n) is 6.56. The number of carbonyl (C=O) groups excluding carboxylic acids is 2. The molecule has 1 amide bonds. The summed E-state index contributed by atoms with van der Waals surface area (Å²) in [7, 11) is 1.68. The largest absolute Gasteiger partial charge is 0.482 e. The van der Waals surface area contributed by atoms with Crippen molar-refractivity contribution in [2.45, 2.75) is 11.4 Å². The van der Waals surface area contributed by atoms with E-state index >= 15 is 0 Å². The first kappa shape index (κ1) is 20.7. The third-order valence-corrected chi connectivity index (χ3v) is 5.18. The minimum atomic E-state index is -0.579. The fourth-order valence-electron chi connectivity index (χ4n) is 2.79. The Morgan fingerprint density at radius 3 is 2.38 bits per heavy atom. The van der Waals surface area contributed by atoms with Gasteiger partial charge in [-0.3, -0.25) is 4.79 Å². The lowest BCUT2D eigenvalue weighted by Crippen LogP contribution is -2.31. The highest BCUT2D eigenvalue weighted by molar-refractivity contribution is 7.98. The molecule has 0 aliphatic carbocycles. The van der Waals surface area contributed by atoms with Crippen molar-refractivity contribution in [2.24, 2.45) is 0 Å². The number of likely N-dealkylation sites (N-methyl/N-ethyl adjacent to an activating group) is 1. The van der Waals surface area contributed by atoms with Crippen molar-refractivity contribution in [3.63, 3.8) is 0 Å². The average molecular weight is 410 g/mol. The van der Waals surface area contributed by atoms with Crippen LogP contribution in [0, 0.1) is 0 Å². The molecule has 0 aromatic heterocycles. The van der Waals surface area contributed by atoms with Gasteiger partial charge in [0.05, 0.1) is 0 Å². The second kappa shape index (κ2) is 9.98. The molecule has 0 fully saturated rings. The Kier molecular flexibility index (Phi) is 7.14. The molecule has 0 radical (unpaired) electrons. The second-order valence-corrected chi connectivity index (χ2v) is 7.44. The first-order chi connectivity index (χ1) is 14.0. The van der Waals surface area contributed by atoms with Crippen molar-refractivity contribution < 1.29 is 19.1 Å². The summed E-state index contributed by atoms with van der Waals surface area (Å²) >= 11 is 1.67.